The average molecular weight is 199 g/mol. The third-order valence-electron chi connectivity index (χ3n) is 1.53. The summed E-state index contributed by atoms with van der Waals surface area (Å²) in [7, 11) is 0. The monoisotopic (exact) mass is 199 g/mol. The van der Waals surface area contributed by atoms with Gasteiger partial charge in [-0.05, 0) is 6.42 Å². The van der Waals surface area contributed by atoms with Crippen molar-refractivity contribution in [2.24, 2.45) is 0 Å². The standard InChI is InChI=1S/C8H9NO5/c1-2-3-4-9-5(7(10)11)6(14-4)8(12)13/h2-3H2,1H3,(H,10,11)(H,12,13). The number of aromatic carboxylic acids is 2. The number of aryl methyl sites for hydroxylation is 1. The van der Waals surface area contributed by atoms with Gasteiger partial charge in [-0.25, -0.2) is 14.6 Å². The van der Waals surface area contributed by atoms with Gasteiger partial charge in [-0.15, -0.1) is 0 Å². The Labute approximate surface area is 79.2 Å². The van der Waals surface area contributed by atoms with Gasteiger partial charge >= 0.3 is 11.9 Å². The van der Waals surface area contributed by atoms with E-state index in [2.05, 4.69) is 4.98 Å². The molecule has 0 aliphatic heterocycles. The second-order valence-electron chi connectivity index (χ2n) is 2.65. The lowest BCUT2D eigenvalue weighted by atomic mass is 10.3. The van der Waals surface area contributed by atoms with Crippen LogP contribution in [-0.2, 0) is 6.42 Å². The largest absolute Gasteiger partial charge is 0.476 e. The first-order chi connectivity index (χ1) is 6.56. The molecule has 0 aliphatic carbocycles. The van der Waals surface area contributed by atoms with Crippen LogP contribution in [0.3, 0.4) is 0 Å². The number of carboxylic acids is 2. The minimum atomic E-state index is -1.42. The Morgan fingerprint density at radius 1 is 1.36 bits per heavy atom. The summed E-state index contributed by atoms with van der Waals surface area (Å²) in [5.74, 6) is -3.28. The summed E-state index contributed by atoms with van der Waals surface area (Å²) < 4.78 is 4.79. The molecule has 0 bridgehead atoms. The Hall–Kier alpha value is -1.85. The second kappa shape index (κ2) is 3.91. The molecular formula is C8H9NO5. The maximum Gasteiger partial charge on any atom is 0.374 e. The molecule has 6 heteroatoms. The molecule has 6 nitrogen and oxygen atoms in total. The summed E-state index contributed by atoms with van der Waals surface area (Å²) in [5, 5.41) is 17.2. The van der Waals surface area contributed by atoms with E-state index in [-0.39, 0.29) is 5.89 Å². The van der Waals surface area contributed by atoms with Gasteiger partial charge in [-0.2, -0.15) is 0 Å². The van der Waals surface area contributed by atoms with E-state index in [0.717, 1.165) is 0 Å². The highest BCUT2D eigenvalue weighted by atomic mass is 16.4. The van der Waals surface area contributed by atoms with Crippen LogP contribution in [0.5, 0.6) is 0 Å². The molecule has 0 fully saturated rings. The minimum Gasteiger partial charge on any atom is -0.476 e. The number of carbonyl (C=O) groups is 2. The van der Waals surface area contributed by atoms with Crippen molar-refractivity contribution in [2.45, 2.75) is 19.8 Å². The first kappa shape index (κ1) is 10.2. The maximum atomic E-state index is 10.6. The third kappa shape index (κ3) is 1.90. The number of carboxylic acid groups (broad SMARTS) is 2. The molecule has 0 aromatic carbocycles. The molecule has 0 radical (unpaired) electrons. The van der Waals surface area contributed by atoms with E-state index < -0.39 is 23.4 Å². The van der Waals surface area contributed by atoms with Gasteiger partial charge in [-0.1, -0.05) is 6.92 Å². The molecule has 2 N–H and O–H groups in total. The molecule has 0 amide bonds. The molecule has 0 aliphatic rings. The Kier molecular flexibility index (Phi) is 2.85. The van der Waals surface area contributed by atoms with Crippen molar-refractivity contribution in [3.8, 4) is 0 Å². The maximum absolute atomic E-state index is 10.6. The zero-order valence-electron chi connectivity index (χ0n) is 7.48. The highest BCUT2D eigenvalue weighted by Gasteiger charge is 2.24. The Morgan fingerprint density at radius 3 is 2.36 bits per heavy atom. The summed E-state index contributed by atoms with van der Waals surface area (Å²) in [4.78, 5) is 24.7. The predicted octanol–water partition coefficient (Wildman–Crippen LogP) is 1.02. The first-order valence-electron chi connectivity index (χ1n) is 4.02. The Balaban J connectivity index is 3.12. The molecule has 1 aromatic heterocycles. The van der Waals surface area contributed by atoms with E-state index in [1.165, 1.54) is 0 Å². The van der Waals surface area contributed by atoms with Crippen LogP contribution >= 0.6 is 0 Å². The smallest absolute Gasteiger partial charge is 0.374 e. The molecule has 1 heterocycles. The number of aromatic nitrogens is 1. The van der Waals surface area contributed by atoms with Gasteiger partial charge in [0.05, 0.1) is 0 Å². The van der Waals surface area contributed by atoms with E-state index in [4.69, 9.17) is 14.6 Å². The summed E-state index contributed by atoms with van der Waals surface area (Å²) in [6, 6.07) is 0. The van der Waals surface area contributed by atoms with Crippen LogP contribution in [0.25, 0.3) is 0 Å². The number of nitrogens with zero attached hydrogens (tertiary/aromatic N) is 1. The minimum absolute atomic E-state index is 0.141. The van der Waals surface area contributed by atoms with Crippen LogP contribution in [0.4, 0.5) is 0 Å². The number of oxazole rings is 1. The fraction of sp³-hybridized carbons (Fsp3) is 0.375. The molecule has 14 heavy (non-hydrogen) atoms. The second-order valence-corrected chi connectivity index (χ2v) is 2.65. The zero-order valence-corrected chi connectivity index (χ0v) is 7.48. The van der Waals surface area contributed by atoms with Crippen LogP contribution in [0.2, 0.25) is 0 Å². The van der Waals surface area contributed by atoms with Gasteiger partial charge in [0.2, 0.25) is 11.5 Å². The average Bonchev–Trinajstić information content (AvgIpc) is 2.49. The summed E-state index contributed by atoms with van der Waals surface area (Å²) >= 11 is 0. The van der Waals surface area contributed by atoms with Crippen molar-refractivity contribution in [3.05, 3.63) is 17.3 Å². The molecule has 0 spiro atoms. The summed E-state index contributed by atoms with van der Waals surface area (Å²) in [6.45, 7) is 1.85. The van der Waals surface area contributed by atoms with E-state index in [1.54, 1.807) is 0 Å². The van der Waals surface area contributed by atoms with Crippen molar-refractivity contribution in [2.75, 3.05) is 0 Å². The van der Waals surface area contributed by atoms with E-state index in [0.29, 0.717) is 12.8 Å². The van der Waals surface area contributed by atoms with E-state index >= 15 is 0 Å². The normalized spacial score (nSPS) is 10.1. The molecule has 0 unspecified atom stereocenters. The molecule has 0 atom stereocenters. The van der Waals surface area contributed by atoms with Gasteiger partial charge in [0.15, 0.2) is 5.89 Å². The first-order valence-corrected chi connectivity index (χ1v) is 4.02. The van der Waals surface area contributed by atoms with Crippen LogP contribution in [-0.4, -0.2) is 27.1 Å². The zero-order chi connectivity index (χ0) is 10.7. The summed E-state index contributed by atoms with van der Waals surface area (Å²) in [6.07, 6.45) is 1.13. The number of hydrogen-bond donors (Lipinski definition) is 2. The topological polar surface area (TPSA) is 101 Å². The highest BCUT2D eigenvalue weighted by molar-refractivity contribution is 5.98. The Morgan fingerprint density at radius 2 is 2.00 bits per heavy atom. The Bertz CT molecular complexity index is 336. The van der Waals surface area contributed by atoms with Crippen LogP contribution in [0, 0.1) is 0 Å². The van der Waals surface area contributed by atoms with Gasteiger partial charge in [0.25, 0.3) is 0 Å². The quantitative estimate of drug-likeness (QED) is 0.750. The fourth-order valence-electron chi connectivity index (χ4n) is 0.975. The van der Waals surface area contributed by atoms with E-state index in [9.17, 15) is 9.59 Å². The predicted molar refractivity (Wildman–Crippen MR) is 44.4 cm³/mol. The summed E-state index contributed by atoms with van der Waals surface area (Å²) in [5.41, 5.74) is -0.541. The van der Waals surface area contributed by atoms with E-state index in [1.807, 2.05) is 6.92 Å². The highest BCUT2D eigenvalue weighted by Crippen LogP contribution is 2.12. The SMILES string of the molecule is CCCc1nc(C(=O)O)c(C(=O)O)o1. The lowest BCUT2D eigenvalue weighted by Crippen LogP contribution is -2.05. The van der Waals surface area contributed by atoms with Crippen LogP contribution in [0.15, 0.2) is 4.42 Å². The van der Waals surface area contributed by atoms with Crippen molar-refractivity contribution in [1.29, 1.82) is 0 Å². The molecular weight excluding hydrogens is 190 g/mol. The molecule has 0 saturated carbocycles. The van der Waals surface area contributed by atoms with Gasteiger partial charge in [0.1, 0.15) is 0 Å². The molecule has 0 saturated heterocycles. The molecule has 1 rings (SSSR count). The van der Waals surface area contributed by atoms with Crippen LogP contribution < -0.4 is 0 Å². The van der Waals surface area contributed by atoms with Gasteiger partial charge in [0, 0.05) is 6.42 Å². The molecule has 1 aromatic rings. The fourth-order valence-corrected chi connectivity index (χ4v) is 0.975. The van der Waals surface area contributed by atoms with Crippen molar-refractivity contribution in [1.82, 2.24) is 4.98 Å². The number of hydrogen-bond acceptors (Lipinski definition) is 4. The lowest BCUT2D eigenvalue weighted by molar-refractivity contribution is 0.0623. The van der Waals surface area contributed by atoms with Crippen molar-refractivity contribution in [3.63, 3.8) is 0 Å². The van der Waals surface area contributed by atoms with Gasteiger partial charge in [-0.3, -0.25) is 0 Å². The van der Waals surface area contributed by atoms with Crippen molar-refractivity contribution < 1.29 is 24.2 Å². The van der Waals surface area contributed by atoms with Gasteiger partial charge < -0.3 is 14.6 Å². The molecule has 76 valence electrons. The van der Waals surface area contributed by atoms with Crippen molar-refractivity contribution >= 4 is 11.9 Å². The van der Waals surface area contributed by atoms with Crippen LogP contribution in [0.1, 0.15) is 40.3 Å². The lowest BCUT2D eigenvalue weighted by Gasteiger charge is -1.87. The number of rotatable bonds is 4. The third-order valence-corrected chi connectivity index (χ3v) is 1.53.